The minimum absolute atomic E-state index is 0.0101. The zero-order chi connectivity index (χ0) is 16.0. The van der Waals surface area contributed by atoms with Crippen LogP contribution in [0.15, 0.2) is 0 Å². The Morgan fingerprint density at radius 3 is 2.24 bits per heavy atom. The molecule has 21 heavy (non-hydrogen) atoms. The van der Waals surface area contributed by atoms with Gasteiger partial charge in [0, 0.05) is 13.1 Å². The first kappa shape index (κ1) is 17.2. The number of aliphatic hydroxyl groups is 1. The molecule has 1 unspecified atom stereocenters. The Morgan fingerprint density at radius 1 is 1.19 bits per heavy atom. The van der Waals surface area contributed by atoms with Gasteiger partial charge in [0.2, 0.25) is 17.8 Å². The van der Waals surface area contributed by atoms with Crippen molar-refractivity contribution in [2.75, 3.05) is 35.3 Å². The van der Waals surface area contributed by atoms with Crippen molar-refractivity contribution in [2.24, 2.45) is 5.84 Å². The van der Waals surface area contributed by atoms with Crippen molar-refractivity contribution in [3.8, 4) is 0 Å². The van der Waals surface area contributed by atoms with Gasteiger partial charge in [0.05, 0.1) is 6.54 Å². The average molecular weight is 309 g/mol. The maximum absolute atomic E-state index is 12.2. The van der Waals surface area contributed by atoms with Crippen LogP contribution in [0.3, 0.4) is 0 Å². The molecule has 0 aliphatic heterocycles. The number of nitrogens with two attached hydrogens (primary N) is 1. The summed E-state index contributed by atoms with van der Waals surface area (Å²) in [4.78, 5) is 13.6. The molecule has 0 aliphatic carbocycles. The van der Waals surface area contributed by atoms with Gasteiger partial charge in [-0.2, -0.15) is 28.1 Å². The molecule has 1 heterocycles. The third-order valence-electron chi connectivity index (χ3n) is 2.63. The highest BCUT2D eigenvalue weighted by molar-refractivity contribution is 5.43. The third kappa shape index (κ3) is 4.86. The molecule has 1 aromatic rings. The minimum Gasteiger partial charge on any atom is -0.382 e. The van der Waals surface area contributed by atoms with Crippen molar-refractivity contribution >= 4 is 17.8 Å². The standard InChI is InChI=1S/C10H18F3N7O/c1-3-20(4-2)9-17-7(16-8(18-9)19-14)15-5-6(21)10(11,12)13/h6,21H,3-5,14H2,1-2H3,(H2,15,16,17,18,19). The van der Waals surface area contributed by atoms with Gasteiger partial charge < -0.3 is 15.3 Å². The largest absolute Gasteiger partial charge is 0.416 e. The predicted octanol–water partition coefficient (Wildman–Crippen LogP) is 0.338. The van der Waals surface area contributed by atoms with E-state index >= 15 is 0 Å². The number of anilines is 3. The van der Waals surface area contributed by atoms with Gasteiger partial charge >= 0.3 is 6.18 Å². The number of aromatic nitrogens is 3. The number of nitrogen functional groups attached to an aromatic ring is 1. The van der Waals surface area contributed by atoms with E-state index in [1.165, 1.54) is 0 Å². The van der Waals surface area contributed by atoms with Crippen LogP contribution in [-0.4, -0.2) is 52.0 Å². The smallest absolute Gasteiger partial charge is 0.382 e. The van der Waals surface area contributed by atoms with Crippen LogP contribution in [0, 0.1) is 0 Å². The zero-order valence-electron chi connectivity index (χ0n) is 11.6. The summed E-state index contributed by atoms with van der Waals surface area (Å²) in [6.07, 6.45) is -7.23. The molecular formula is C10H18F3N7O. The molecule has 120 valence electrons. The highest BCUT2D eigenvalue weighted by Crippen LogP contribution is 2.20. The number of nitrogens with zero attached hydrogens (tertiary/aromatic N) is 4. The molecule has 0 spiro atoms. The SMILES string of the molecule is CCN(CC)c1nc(NN)nc(NCC(O)C(F)(F)F)n1. The van der Waals surface area contributed by atoms with Crippen LogP contribution in [0.5, 0.6) is 0 Å². The number of aliphatic hydroxyl groups excluding tert-OH is 1. The van der Waals surface area contributed by atoms with Gasteiger partial charge in [-0.1, -0.05) is 0 Å². The van der Waals surface area contributed by atoms with Gasteiger partial charge in [-0.15, -0.1) is 0 Å². The molecule has 5 N–H and O–H groups in total. The van der Waals surface area contributed by atoms with Crippen molar-refractivity contribution in [3.63, 3.8) is 0 Å². The number of hydrogen-bond acceptors (Lipinski definition) is 8. The van der Waals surface area contributed by atoms with Crippen molar-refractivity contribution in [1.82, 2.24) is 15.0 Å². The molecule has 11 heteroatoms. The number of hydrazine groups is 1. The predicted molar refractivity (Wildman–Crippen MR) is 71.7 cm³/mol. The second kappa shape index (κ2) is 7.22. The van der Waals surface area contributed by atoms with Crippen molar-refractivity contribution in [2.45, 2.75) is 26.1 Å². The van der Waals surface area contributed by atoms with E-state index in [0.717, 1.165) is 0 Å². The fraction of sp³-hybridized carbons (Fsp3) is 0.700. The molecule has 0 aliphatic rings. The Bertz CT molecular complexity index is 453. The molecule has 0 saturated heterocycles. The minimum atomic E-state index is -4.71. The first-order chi connectivity index (χ1) is 9.81. The number of alkyl halides is 3. The van der Waals surface area contributed by atoms with Crippen LogP contribution < -0.4 is 21.5 Å². The zero-order valence-corrected chi connectivity index (χ0v) is 11.6. The molecule has 0 aromatic carbocycles. The van der Waals surface area contributed by atoms with E-state index in [-0.39, 0.29) is 17.8 Å². The van der Waals surface area contributed by atoms with Crippen LogP contribution in [0.4, 0.5) is 31.0 Å². The second-order valence-electron chi connectivity index (χ2n) is 4.04. The van der Waals surface area contributed by atoms with Crippen LogP contribution in [0.1, 0.15) is 13.8 Å². The maximum Gasteiger partial charge on any atom is 0.416 e. The highest BCUT2D eigenvalue weighted by atomic mass is 19.4. The molecule has 0 amide bonds. The molecule has 0 bridgehead atoms. The number of nitrogens with one attached hydrogen (secondary N) is 2. The fourth-order valence-corrected chi connectivity index (χ4v) is 1.46. The second-order valence-corrected chi connectivity index (χ2v) is 4.04. The highest BCUT2D eigenvalue weighted by Gasteiger charge is 2.38. The Balaban J connectivity index is 2.89. The summed E-state index contributed by atoms with van der Waals surface area (Å²) in [5, 5.41) is 11.2. The topological polar surface area (TPSA) is 112 Å². The van der Waals surface area contributed by atoms with E-state index in [0.29, 0.717) is 13.1 Å². The summed E-state index contributed by atoms with van der Waals surface area (Å²) < 4.78 is 36.7. The van der Waals surface area contributed by atoms with E-state index in [1.807, 2.05) is 13.8 Å². The first-order valence-corrected chi connectivity index (χ1v) is 6.28. The molecule has 0 fully saturated rings. The van der Waals surface area contributed by atoms with Crippen LogP contribution in [-0.2, 0) is 0 Å². The van der Waals surface area contributed by atoms with Crippen LogP contribution in [0.2, 0.25) is 0 Å². The van der Waals surface area contributed by atoms with Crippen LogP contribution in [0.25, 0.3) is 0 Å². The molecule has 8 nitrogen and oxygen atoms in total. The molecule has 1 rings (SSSR count). The number of halogens is 3. The fourth-order valence-electron chi connectivity index (χ4n) is 1.46. The van der Waals surface area contributed by atoms with E-state index < -0.39 is 18.8 Å². The van der Waals surface area contributed by atoms with Gasteiger partial charge in [-0.05, 0) is 13.8 Å². The van der Waals surface area contributed by atoms with E-state index in [1.54, 1.807) is 4.90 Å². The van der Waals surface area contributed by atoms with E-state index in [2.05, 4.69) is 25.7 Å². The normalized spacial score (nSPS) is 12.9. The summed E-state index contributed by atoms with van der Waals surface area (Å²) in [5.41, 5.74) is 2.22. The number of rotatable bonds is 7. The van der Waals surface area contributed by atoms with Gasteiger partial charge in [0.15, 0.2) is 6.10 Å². The lowest BCUT2D eigenvalue weighted by atomic mass is 10.3. The first-order valence-electron chi connectivity index (χ1n) is 6.28. The molecule has 1 aromatic heterocycles. The number of hydrogen-bond donors (Lipinski definition) is 4. The van der Waals surface area contributed by atoms with Crippen LogP contribution >= 0.6 is 0 Å². The Kier molecular flexibility index (Phi) is 5.90. The molecular weight excluding hydrogens is 291 g/mol. The molecule has 0 radical (unpaired) electrons. The Labute approximate surface area is 119 Å². The van der Waals surface area contributed by atoms with Gasteiger partial charge in [-0.25, -0.2) is 5.84 Å². The summed E-state index contributed by atoms with van der Waals surface area (Å²) in [6.45, 7) is 4.20. The Morgan fingerprint density at radius 2 is 1.76 bits per heavy atom. The quantitative estimate of drug-likeness (QED) is 0.421. The summed E-state index contributed by atoms with van der Waals surface area (Å²) in [7, 11) is 0. The van der Waals surface area contributed by atoms with Crippen molar-refractivity contribution in [3.05, 3.63) is 0 Å². The lowest BCUT2D eigenvalue weighted by Gasteiger charge is -2.20. The van der Waals surface area contributed by atoms with Gasteiger partial charge in [0.1, 0.15) is 0 Å². The lowest BCUT2D eigenvalue weighted by Crippen LogP contribution is -2.35. The maximum atomic E-state index is 12.2. The van der Waals surface area contributed by atoms with E-state index in [4.69, 9.17) is 10.9 Å². The summed E-state index contributed by atoms with van der Waals surface area (Å²) in [6, 6.07) is 0. The van der Waals surface area contributed by atoms with E-state index in [9.17, 15) is 13.2 Å². The summed E-state index contributed by atoms with van der Waals surface area (Å²) >= 11 is 0. The molecule has 0 saturated carbocycles. The third-order valence-corrected chi connectivity index (χ3v) is 2.63. The van der Waals surface area contributed by atoms with Gasteiger partial charge in [-0.3, -0.25) is 5.43 Å². The summed E-state index contributed by atoms with van der Waals surface area (Å²) in [5.74, 6) is 5.39. The van der Waals surface area contributed by atoms with Crippen molar-refractivity contribution in [1.29, 1.82) is 0 Å². The average Bonchev–Trinajstić information content (AvgIpc) is 2.44. The lowest BCUT2D eigenvalue weighted by molar-refractivity contribution is -0.198. The molecule has 1 atom stereocenters. The monoisotopic (exact) mass is 309 g/mol. The Hall–Kier alpha value is -1.88. The van der Waals surface area contributed by atoms with Crippen molar-refractivity contribution < 1.29 is 18.3 Å². The van der Waals surface area contributed by atoms with Gasteiger partial charge in [0.25, 0.3) is 0 Å².